The fourth-order valence-electron chi connectivity index (χ4n) is 1.64. The predicted octanol–water partition coefficient (Wildman–Crippen LogP) is 2.33. The molecule has 3 nitrogen and oxygen atoms in total. The van der Waals surface area contributed by atoms with Crippen molar-refractivity contribution in [3.8, 4) is 0 Å². The second-order valence-corrected chi connectivity index (χ2v) is 6.06. The van der Waals surface area contributed by atoms with Gasteiger partial charge in [-0.1, -0.05) is 23.9 Å². The van der Waals surface area contributed by atoms with E-state index in [1.165, 1.54) is 4.70 Å². The van der Waals surface area contributed by atoms with E-state index < -0.39 is 0 Å². The van der Waals surface area contributed by atoms with Gasteiger partial charge in [0.05, 0.1) is 28.8 Å². The largest absolute Gasteiger partial charge is 0.378 e. The number of para-hydroxylation sites is 1. The molecule has 1 N–H and O–H groups in total. The van der Waals surface area contributed by atoms with Crippen LogP contribution in [-0.2, 0) is 4.74 Å². The van der Waals surface area contributed by atoms with Crippen LogP contribution < -0.4 is 5.32 Å². The first-order valence-corrected chi connectivity index (χ1v) is 6.95. The zero-order chi connectivity index (χ0) is 10.8. The van der Waals surface area contributed by atoms with E-state index in [4.69, 9.17) is 4.74 Å². The van der Waals surface area contributed by atoms with Crippen LogP contribution in [0, 0.1) is 0 Å². The average molecular weight is 252 g/mol. The molecule has 1 aromatic carbocycles. The molecule has 5 heteroatoms. The van der Waals surface area contributed by atoms with Crippen LogP contribution in [0.15, 0.2) is 28.6 Å². The topological polar surface area (TPSA) is 34.1 Å². The number of morpholine rings is 1. The van der Waals surface area contributed by atoms with Crippen LogP contribution in [-0.4, -0.2) is 30.1 Å². The Morgan fingerprint density at radius 1 is 1.44 bits per heavy atom. The molecule has 0 bridgehead atoms. The number of rotatable bonds is 2. The highest BCUT2D eigenvalue weighted by atomic mass is 32.2. The number of fused-ring (bicyclic) bond motifs is 1. The van der Waals surface area contributed by atoms with Crippen molar-refractivity contribution in [2.45, 2.75) is 9.71 Å². The molecule has 3 rings (SSSR count). The number of aromatic nitrogens is 1. The highest BCUT2D eigenvalue weighted by Crippen LogP contribution is 2.31. The summed E-state index contributed by atoms with van der Waals surface area (Å²) in [4.78, 5) is 4.59. The van der Waals surface area contributed by atoms with Crippen molar-refractivity contribution in [3.63, 3.8) is 0 Å². The highest BCUT2D eigenvalue weighted by Gasteiger charge is 2.16. The normalized spacial score (nSPS) is 21.4. The van der Waals surface area contributed by atoms with Gasteiger partial charge in [-0.05, 0) is 12.1 Å². The summed E-state index contributed by atoms with van der Waals surface area (Å²) in [6.07, 6.45) is 0. The zero-order valence-electron chi connectivity index (χ0n) is 8.68. The van der Waals surface area contributed by atoms with Crippen LogP contribution in [0.3, 0.4) is 0 Å². The van der Waals surface area contributed by atoms with Crippen molar-refractivity contribution in [2.24, 2.45) is 0 Å². The molecule has 0 spiro atoms. The SMILES string of the molecule is c1ccc2sc(SC3COCCN3)nc2c1. The molecule has 1 aliphatic rings. The van der Waals surface area contributed by atoms with Gasteiger partial charge in [-0.25, -0.2) is 4.98 Å². The van der Waals surface area contributed by atoms with Crippen LogP contribution in [0.25, 0.3) is 10.2 Å². The molecular formula is C11H12N2OS2. The van der Waals surface area contributed by atoms with E-state index in [1.807, 2.05) is 6.07 Å². The second kappa shape index (κ2) is 4.71. The lowest BCUT2D eigenvalue weighted by molar-refractivity contribution is 0.100. The lowest BCUT2D eigenvalue weighted by Crippen LogP contribution is -2.38. The summed E-state index contributed by atoms with van der Waals surface area (Å²) in [7, 11) is 0. The van der Waals surface area contributed by atoms with Crippen LogP contribution in [0.5, 0.6) is 0 Å². The molecule has 84 valence electrons. The van der Waals surface area contributed by atoms with E-state index in [-0.39, 0.29) is 0 Å². The summed E-state index contributed by atoms with van der Waals surface area (Å²) >= 11 is 3.51. The van der Waals surface area contributed by atoms with Crippen molar-refractivity contribution < 1.29 is 4.74 Å². The lowest BCUT2D eigenvalue weighted by Gasteiger charge is -2.21. The van der Waals surface area contributed by atoms with Gasteiger partial charge in [0.25, 0.3) is 0 Å². The summed E-state index contributed by atoms with van der Waals surface area (Å²) in [5.74, 6) is 0. The van der Waals surface area contributed by atoms with Crippen molar-refractivity contribution in [1.29, 1.82) is 0 Å². The molecule has 1 unspecified atom stereocenters. The van der Waals surface area contributed by atoms with Gasteiger partial charge in [0.15, 0.2) is 4.34 Å². The smallest absolute Gasteiger partial charge is 0.152 e. The number of ether oxygens (including phenoxy) is 1. The Bertz CT molecular complexity index is 447. The maximum absolute atomic E-state index is 5.42. The number of hydrogen-bond donors (Lipinski definition) is 1. The van der Waals surface area contributed by atoms with E-state index in [1.54, 1.807) is 23.1 Å². The summed E-state index contributed by atoms with van der Waals surface area (Å²) in [6.45, 7) is 2.51. The molecule has 16 heavy (non-hydrogen) atoms. The van der Waals surface area contributed by atoms with Gasteiger partial charge in [0, 0.05) is 6.54 Å². The predicted molar refractivity (Wildman–Crippen MR) is 68.1 cm³/mol. The molecule has 1 saturated heterocycles. The van der Waals surface area contributed by atoms with Crippen molar-refractivity contribution in [3.05, 3.63) is 24.3 Å². The quantitative estimate of drug-likeness (QED) is 0.889. The van der Waals surface area contributed by atoms with Crippen LogP contribution in [0.4, 0.5) is 0 Å². The Morgan fingerprint density at radius 3 is 3.19 bits per heavy atom. The Hall–Kier alpha value is -0.620. The van der Waals surface area contributed by atoms with Gasteiger partial charge >= 0.3 is 0 Å². The molecule has 1 fully saturated rings. The number of benzene rings is 1. The first-order chi connectivity index (χ1) is 7.92. The van der Waals surface area contributed by atoms with E-state index in [0.717, 1.165) is 29.6 Å². The summed E-state index contributed by atoms with van der Waals surface area (Å²) < 4.78 is 7.79. The minimum atomic E-state index is 0.342. The Balaban J connectivity index is 1.78. The third-order valence-corrected chi connectivity index (χ3v) is 4.65. The molecule has 2 heterocycles. The summed E-state index contributed by atoms with van der Waals surface area (Å²) in [5, 5.41) is 3.76. The monoisotopic (exact) mass is 252 g/mol. The number of hydrogen-bond acceptors (Lipinski definition) is 5. The third kappa shape index (κ3) is 2.22. The Labute approximate surface area is 102 Å². The van der Waals surface area contributed by atoms with Crippen LogP contribution in [0.2, 0.25) is 0 Å². The van der Waals surface area contributed by atoms with E-state index >= 15 is 0 Å². The fourth-order valence-corrected chi connectivity index (χ4v) is 3.91. The maximum atomic E-state index is 5.42. The van der Waals surface area contributed by atoms with Gasteiger partial charge in [0.1, 0.15) is 0 Å². The Morgan fingerprint density at radius 2 is 2.38 bits per heavy atom. The molecular weight excluding hydrogens is 240 g/mol. The van der Waals surface area contributed by atoms with Crippen molar-refractivity contribution in [1.82, 2.24) is 10.3 Å². The second-order valence-electron chi connectivity index (χ2n) is 3.58. The molecule has 1 aromatic heterocycles. The number of nitrogens with zero attached hydrogens (tertiary/aromatic N) is 1. The first kappa shape index (κ1) is 10.5. The van der Waals surface area contributed by atoms with E-state index in [9.17, 15) is 0 Å². The number of nitrogens with one attached hydrogen (secondary N) is 1. The molecule has 0 radical (unpaired) electrons. The molecule has 2 aromatic rings. The minimum absolute atomic E-state index is 0.342. The summed E-state index contributed by atoms with van der Waals surface area (Å²) in [5.41, 5.74) is 1.09. The lowest BCUT2D eigenvalue weighted by atomic mass is 10.3. The van der Waals surface area contributed by atoms with Gasteiger partial charge in [-0.3, -0.25) is 0 Å². The van der Waals surface area contributed by atoms with E-state index in [0.29, 0.717) is 5.37 Å². The summed E-state index contributed by atoms with van der Waals surface area (Å²) in [6, 6.07) is 8.25. The number of thiazole rings is 1. The van der Waals surface area contributed by atoms with Gasteiger partial charge in [-0.15, -0.1) is 11.3 Å². The molecule has 1 aliphatic heterocycles. The van der Waals surface area contributed by atoms with Gasteiger partial charge in [0.2, 0.25) is 0 Å². The maximum Gasteiger partial charge on any atom is 0.152 e. The third-order valence-electron chi connectivity index (χ3n) is 2.40. The van der Waals surface area contributed by atoms with Crippen molar-refractivity contribution >= 4 is 33.3 Å². The zero-order valence-corrected chi connectivity index (χ0v) is 10.3. The molecule has 0 saturated carbocycles. The molecule has 0 aliphatic carbocycles. The van der Waals surface area contributed by atoms with E-state index in [2.05, 4.69) is 28.5 Å². The van der Waals surface area contributed by atoms with Gasteiger partial charge < -0.3 is 10.1 Å². The number of thioether (sulfide) groups is 1. The minimum Gasteiger partial charge on any atom is -0.378 e. The fraction of sp³-hybridized carbons (Fsp3) is 0.364. The van der Waals surface area contributed by atoms with Gasteiger partial charge in [-0.2, -0.15) is 0 Å². The van der Waals surface area contributed by atoms with Crippen LogP contribution >= 0.6 is 23.1 Å². The van der Waals surface area contributed by atoms with Crippen LogP contribution in [0.1, 0.15) is 0 Å². The van der Waals surface area contributed by atoms with Crippen molar-refractivity contribution in [2.75, 3.05) is 19.8 Å². The first-order valence-electron chi connectivity index (χ1n) is 5.25. The molecule has 0 amide bonds. The Kier molecular flexibility index (Phi) is 3.10. The average Bonchev–Trinajstić information content (AvgIpc) is 2.72. The molecule has 1 atom stereocenters. The standard InChI is InChI=1S/C11H12N2OS2/c1-2-4-9-8(3-1)13-11(15-9)16-10-7-14-6-5-12-10/h1-4,10,12H,5-7H2. The highest BCUT2D eigenvalue weighted by molar-refractivity contribution is 8.01.